The Morgan fingerprint density at radius 2 is 2.20 bits per heavy atom. The van der Waals surface area contributed by atoms with Crippen molar-refractivity contribution in [2.24, 2.45) is 11.8 Å². The molecular weight excluding hydrogens is 302 g/mol. The van der Waals surface area contributed by atoms with E-state index in [0.717, 1.165) is 0 Å². The molecule has 0 aromatic carbocycles. The highest BCUT2D eigenvalue weighted by Crippen LogP contribution is 2.41. The van der Waals surface area contributed by atoms with Gasteiger partial charge in [0.05, 0.1) is 5.92 Å². The minimum atomic E-state index is -4.09. The fourth-order valence-electron chi connectivity index (χ4n) is 2.49. The molecule has 0 radical (unpaired) electrons. The lowest BCUT2D eigenvalue weighted by molar-refractivity contribution is -0.777. The predicted octanol–water partition coefficient (Wildman–Crippen LogP) is 0.334. The van der Waals surface area contributed by atoms with Crippen LogP contribution in [0.3, 0.4) is 0 Å². The average Bonchev–Trinajstić information content (AvgIpc) is 2.69. The zero-order valence-corrected chi connectivity index (χ0v) is 11.1. The van der Waals surface area contributed by atoms with Crippen LogP contribution in [-0.2, 0) is 28.4 Å². The monoisotopic (exact) mass is 313 g/mol. The van der Waals surface area contributed by atoms with Crippen molar-refractivity contribution in [3.63, 3.8) is 0 Å². The van der Waals surface area contributed by atoms with E-state index in [4.69, 9.17) is 9.47 Å². The Bertz CT molecular complexity index is 405. The summed E-state index contributed by atoms with van der Waals surface area (Å²) in [5.74, 6) is -2.83. The summed E-state index contributed by atoms with van der Waals surface area (Å²) in [6.07, 6.45) is -0.894. The van der Waals surface area contributed by atoms with Crippen molar-refractivity contribution < 1.29 is 42.5 Å². The molecule has 4 unspecified atom stereocenters. The maximum atomic E-state index is 13.2. The van der Waals surface area contributed by atoms with Crippen LogP contribution in [0.25, 0.3) is 0 Å². The second-order valence-corrected chi connectivity index (χ2v) is 5.54. The third-order valence-corrected chi connectivity index (χ3v) is 3.85. The minimum absolute atomic E-state index is 0.267. The van der Waals surface area contributed by atoms with Gasteiger partial charge in [0, 0.05) is 6.42 Å². The number of hydrogen-bond donors (Lipinski definition) is 0. The molecule has 7 nitrogen and oxygen atoms in total. The van der Waals surface area contributed by atoms with Crippen molar-refractivity contribution in [1.82, 2.24) is 0 Å². The third-order valence-electron chi connectivity index (χ3n) is 3.35. The van der Waals surface area contributed by atoms with Crippen LogP contribution in [0, 0.1) is 11.8 Å². The molecule has 0 aromatic heterocycles. The Balaban J connectivity index is 1.98. The van der Waals surface area contributed by atoms with Crippen LogP contribution >= 0.6 is 12.0 Å². The zero-order valence-electron chi connectivity index (χ0n) is 10.2. The minimum Gasteiger partial charge on any atom is -0.691 e. The van der Waals surface area contributed by atoms with Gasteiger partial charge in [-0.3, -0.25) is 9.83 Å². The normalized spacial score (nSPS) is 32.9. The van der Waals surface area contributed by atoms with E-state index in [9.17, 15) is 23.6 Å². The van der Waals surface area contributed by atoms with Crippen LogP contribution in [0.2, 0.25) is 0 Å². The fourth-order valence-corrected chi connectivity index (χ4v) is 2.72. The van der Waals surface area contributed by atoms with E-state index >= 15 is 0 Å². The predicted molar refractivity (Wildman–Crippen MR) is 56.4 cm³/mol. The number of hydrogen-bond acceptors (Lipinski definition) is 8. The highest BCUT2D eigenvalue weighted by molar-refractivity contribution is 7.96. The summed E-state index contributed by atoms with van der Waals surface area (Å²) < 4.78 is 39.6. The number of esters is 2. The zero-order chi connectivity index (χ0) is 14.9. The average molecular weight is 313 g/mol. The van der Waals surface area contributed by atoms with Gasteiger partial charge >= 0.3 is 17.2 Å². The van der Waals surface area contributed by atoms with Crippen LogP contribution in [0.5, 0.6) is 0 Å². The SMILES string of the molecule is CC1CC2CC(OC2=O)C1OC(=O)C(F)(F)SOO[O-]. The Morgan fingerprint density at radius 1 is 1.50 bits per heavy atom. The van der Waals surface area contributed by atoms with Crippen molar-refractivity contribution in [3.8, 4) is 0 Å². The van der Waals surface area contributed by atoms with Gasteiger partial charge in [-0.15, -0.1) is 0 Å². The van der Waals surface area contributed by atoms with Gasteiger partial charge < -0.3 is 14.7 Å². The first-order valence-corrected chi connectivity index (χ1v) is 6.53. The van der Waals surface area contributed by atoms with Crippen LogP contribution in [0.15, 0.2) is 0 Å². The molecule has 1 saturated carbocycles. The molecule has 0 aromatic rings. The van der Waals surface area contributed by atoms with Crippen LogP contribution in [0.1, 0.15) is 19.8 Å². The van der Waals surface area contributed by atoms with E-state index in [1.807, 2.05) is 0 Å². The quantitative estimate of drug-likeness (QED) is 0.310. The fraction of sp³-hybridized carbons (Fsp3) is 0.800. The summed E-state index contributed by atoms with van der Waals surface area (Å²) in [5.41, 5.74) is 0. The van der Waals surface area contributed by atoms with Crippen LogP contribution in [-0.4, -0.2) is 29.4 Å². The molecule has 20 heavy (non-hydrogen) atoms. The van der Waals surface area contributed by atoms with Crippen molar-refractivity contribution in [1.29, 1.82) is 0 Å². The number of rotatable bonds is 5. The van der Waals surface area contributed by atoms with Gasteiger partial charge in [0.1, 0.15) is 24.3 Å². The summed E-state index contributed by atoms with van der Waals surface area (Å²) >= 11 is -0.754. The standard InChI is InChI=1S/C10H12F2O7S/c1-4-2-5-3-6(16-8(5)13)7(4)17-9(14)10(11,12)20-19-18-15/h4-7,15H,2-3H2,1H3/p-1. The number of carbonyl (C=O) groups is 2. The van der Waals surface area contributed by atoms with Crippen molar-refractivity contribution in [3.05, 3.63) is 0 Å². The summed E-state index contributed by atoms with van der Waals surface area (Å²) in [4.78, 5) is 22.8. The maximum Gasteiger partial charge on any atom is 0.415 e. The lowest BCUT2D eigenvalue weighted by Crippen LogP contribution is -2.42. The molecule has 1 saturated heterocycles. The summed E-state index contributed by atoms with van der Waals surface area (Å²) in [5, 5.41) is 8.16. The number of carbonyl (C=O) groups excluding carboxylic acids is 2. The second-order valence-electron chi connectivity index (χ2n) is 4.73. The molecule has 0 amide bonds. The Morgan fingerprint density at radius 3 is 2.85 bits per heavy atom. The Hall–Kier alpha value is -0.970. The summed E-state index contributed by atoms with van der Waals surface area (Å²) in [7, 11) is 0. The number of fused-ring (bicyclic) bond motifs is 2. The van der Waals surface area contributed by atoms with Crippen molar-refractivity contribution >= 4 is 24.0 Å². The molecule has 2 bridgehead atoms. The molecule has 1 aliphatic carbocycles. The lowest BCUT2D eigenvalue weighted by atomic mass is 9.81. The smallest absolute Gasteiger partial charge is 0.415 e. The Labute approximate surface area is 116 Å². The first-order chi connectivity index (χ1) is 9.35. The van der Waals surface area contributed by atoms with Gasteiger partial charge in [0.15, 0.2) is 0 Å². The summed E-state index contributed by atoms with van der Waals surface area (Å²) in [6, 6.07) is 0. The first kappa shape index (κ1) is 15.4. The first-order valence-electron chi connectivity index (χ1n) is 5.79. The van der Waals surface area contributed by atoms with E-state index in [0.29, 0.717) is 12.8 Å². The van der Waals surface area contributed by atoms with Crippen LogP contribution in [0.4, 0.5) is 8.78 Å². The largest absolute Gasteiger partial charge is 0.691 e. The molecule has 1 heterocycles. The molecule has 2 rings (SSSR count). The lowest BCUT2D eigenvalue weighted by Gasteiger charge is -2.31. The van der Waals surface area contributed by atoms with Gasteiger partial charge in [-0.1, -0.05) is 6.92 Å². The number of ether oxygens (including phenoxy) is 2. The molecule has 2 aliphatic rings. The highest BCUT2D eigenvalue weighted by Gasteiger charge is 2.52. The second kappa shape index (κ2) is 5.80. The molecule has 0 N–H and O–H groups in total. The van der Waals surface area contributed by atoms with Gasteiger partial charge in [0.2, 0.25) is 0 Å². The van der Waals surface area contributed by atoms with E-state index in [2.05, 4.69) is 9.37 Å². The van der Waals surface area contributed by atoms with Crippen molar-refractivity contribution in [2.45, 2.75) is 37.2 Å². The molecule has 10 heteroatoms. The van der Waals surface area contributed by atoms with E-state index in [1.165, 1.54) is 0 Å². The third kappa shape index (κ3) is 3.03. The molecular formula is C10H11F2O7S-. The van der Waals surface area contributed by atoms with Gasteiger partial charge in [-0.05, 0) is 12.3 Å². The Kier molecular flexibility index (Phi) is 4.47. The summed E-state index contributed by atoms with van der Waals surface area (Å²) in [6.45, 7) is 1.68. The van der Waals surface area contributed by atoms with E-state index in [-0.39, 0.29) is 11.8 Å². The van der Waals surface area contributed by atoms with Crippen molar-refractivity contribution in [2.75, 3.05) is 0 Å². The van der Waals surface area contributed by atoms with Crippen LogP contribution < -0.4 is 5.26 Å². The van der Waals surface area contributed by atoms with Gasteiger partial charge in [-0.2, -0.15) is 13.1 Å². The highest BCUT2D eigenvalue weighted by atomic mass is 32.2. The molecule has 1 aliphatic heterocycles. The topological polar surface area (TPSA) is 94.1 Å². The number of alkyl halides is 2. The van der Waals surface area contributed by atoms with E-state index < -0.39 is 41.4 Å². The van der Waals surface area contributed by atoms with Gasteiger partial charge in [-0.25, -0.2) is 4.79 Å². The maximum absolute atomic E-state index is 13.2. The molecule has 2 fully saturated rings. The molecule has 114 valence electrons. The molecule has 4 atom stereocenters. The van der Waals surface area contributed by atoms with E-state index in [1.54, 1.807) is 6.92 Å². The molecule has 0 spiro atoms. The number of halogens is 2. The van der Waals surface area contributed by atoms with Gasteiger partial charge in [0.25, 0.3) is 0 Å².